The van der Waals surface area contributed by atoms with Gasteiger partial charge in [-0.3, -0.25) is 0 Å². The van der Waals surface area contributed by atoms with E-state index in [0.717, 1.165) is 102 Å². The molecule has 0 spiro atoms. The van der Waals surface area contributed by atoms with Crippen LogP contribution in [0.4, 0.5) is 0 Å². The van der Waals surface area contributed by atoms with E-state index in [9.17, 15) is 9.59 Å². The molecule has 4 heterocycles. The topological polar surface area (TPSA) is 68.9 Å². The monoisotopic (exact) mass is 730 g/mol. The van der Waals surface area contributed by atoms with Crippen molar-refractivity contribution in [1.29, 1.82) is 0 Å². The third kappa shape index (κ3) is 8.11. The Morgan fingerprint density at radius 1 is 0.574 bits per heavy atom. The van der Waals surface area contributed by atoms with E-state index in [4.69, 9.17) is 9.47 Å². The summed E-state index contributed by atoms with van der Waals surface area (Å²) in [7, 11) is 4.04. The van der Waals surface area contributed by atoms with E-state index in [0.29, 0.717) is 35.2 Å². The maximum atomic E-state index is 13.5. The first kappa shape index (κ1) is 36.8. The van der Waals surface area contributed by atoms with Crippen molar-refractivity contribution in [3.63, 3.8) is 0 Å². The Bertz CT molecular complexity index is 1740. The number of fused-ring (bicyclic) bond motifs is 2. The summed E-state index contributed by atoms with van der Waals surface area (Å²) in [5, 5.41) is 0. The van der Waals surface area contributed by atoms with Gasteiger partial charge in [-0.25, -0.2) is 9.59 Å². The summed E-state index contributed by atoms with van der Waals surface area (Å²) >= 11 is 0. The molecular formula is C46H58N4O4. The van der Waals surface area contributed by atoms with Crippen LogP contribution >= 0.6 is 0 Å². The predicted octanol–water partition coefficient (Wildman–Crippen LogP) is 8.25. The molecule has 2 saturated heterocycles. The summed E-state index contributed by atoms with van der Waals surface area (Å²) in [5.41, 5.74) is 7.56. The third-order valence-electron chi connectivity index (χ3n) is 13.3. The van der Waals surface area contributed by atoms with E-state index >= 15 is 0 Å². The molecule has 2 aromatic carbocycles. The van der Waals surface area contributed by atoms with Crippen LogP contribution in [0.25, 0.3) is 0 Å². The van der Waals surface area contributed by atoms with Crippen molar-refractivity contribution in [3.05, 3.63) is 107 Å². The van der Waals surface area contributed by atoms with Gasteiger partial charge in [-0.15, -0.1) is 0 Å². The van der Waals surface area contributed by atoms with Crippen LogP contribution in [-0.2, 0) is 36.5 Å². The molecule has 2 aliphatic heterocycles. The van der Waals surface area contributed by atoms with Crippen molar-refractivity contribution >= 4 is 11.9 Å². The molecule has 4 aliphatic rings. The number of likely N-dealkylation sites (tertiary alicyclic amines) is 2. The first-order chi connectivity index (χ1) is 26.4. The fourth-order valence-corrected chi connectivity index (χ4v) is 10.3. The zero-order valence-corrected chi connectivity index (χ0v) is 32.4. The molecule has 286 valence electrons. The first-order valence-corrected chi connectivity index (χ1v) is 20.8. The van der Waals surface area contributed by atoms with Crippen molar-refractivity contribution in [2.75, 3.05) is 39.3 Å². The standard InChI is InChI=1S/C46H58N4O4/c1-47-31-41(43-37(15-9-17-39(43)47)23-29-49-25-19-35(20-26-49)33-11-5-3-6-12-33)53-45(51)46(52)54-42-32-48(2)40-18-10-16-38(44(40)42)24-30-50-27-21-36(22-28-50)34-13-7-4-8-14-34/h3-8,11-14,31-32,35-38H,9-10,15-30H2,1-2H3. The minimum absolute atomic E-state index is 0.298. The number of esters is 2. The smallest absolute Gasteiger partial charge is 0.416 e. The maximum absolute atomic E-state index is 13.5. The Labute approximate surface area is 321 Å². The molecule has 8 nitrogen and oxygen atoms in total. The van der Waals surface area contributed by atoms with Crippen LogP contribution < -0.4 is 9.47 Å². The second-order valence-corrected chi connectivity index (χ2v) is 16.5. The van der Waals surface area contributed by atoms with Gasteiger partial charge in [0.2, 0.25) is 0 Å². The van der Waals surface area contributed by atoms with Gasteiger partial charge in [0.25, 0.3) is 0 Å². The average Bonchev–Trinajstić information content (AvgIpc) is 3.72. The average molecular weight is 731 g/mol. The molecule has 2 unspecified atom stereocenters. The first-order valence-electron chi connectivity index (χ1n) is 20.8. The second kappa shape index (κ2) is 16.7. The number of piperidine rings is 2. The molecule has 0 saturated carbocycles. The van der Waals surface area contributed by atoms with Crippen LogP contribution in [0.3, 0.4) is 0 Å². The van der Waals surface area contributed by atoms with Crippen LogP contribution in [0.1, 0.15) is 122 Å². The van der Waals surface area contributed by atoms with Crippen molar-refractivity contribution < 1.29 is 19.1 Å². The summed E-state index contributed by atoms with van der Waals surface area (Å²) in [6, 6.07) is 21.8. The van der Waals surface area contributed by atoms with Gasteiger partial charge >= 0.3 is 11.9 Å². The number of hydrogen-bond donors (Lipinski definition) is 0. The Morgan fingerprint density at radius 2 is 0.963 bits per heavy atom. The molecule has 0 radical (unpaired) electrons. The molecular weight excluding hydrogens is 673 g/mol. The molecule has 8 rings (SSSR count). The van der Waals surface area contributed by atoms with Crippen molar-refractivity contribution in [1.82, 2.24) is 18.9 Å². The van der Waals surface area contributed by atoms with Crippen LogP contribution in [0, 0.1) is 0 Å². The molecule has 2 aliphatic carbocycles. The number of aromatic nitrogens is 2. The zero-order chi connectivity index (χ0) is 37.0. The number of nitrogens with zero attached hydrogens (tertiary/aromatic N) is 4. The quantitative estimate of drug-likeness (QED) is 0.121. The SMILES string of the molecule is Cn1cc(OC(=O)C(=O)Oc2cn(C)c3c2C(CCN2CCC(c4ccccc4)CC2)CCC3)c2c1CCCC2CCN1CCC(c2ccccc2)CC1. The maximum Gasteiger partial charge on any atom is 0.423 e. The Balaban J connectivity index is 0.874. The lowest BCUT2D eigenvalue weighted by atomic mass is 9.83. The molecule has 0 N–H and O–H groups in total. The van der Waals surface area contributed by atoms with Crippen LogP contribution in [-0.4, -0.2) is 70.1 Å². The van der Waals surface area contributed by atoms with Gasteiger partial charge in [0.05, 0.1) is 0 Å². The number of carbonyl (C=O) groups is 2. The van der Waals surface area contributed by atoms with Gasteiger partial charge in [-0.2, -0.15) is 0 Å². The van der Waals surface area contributed by atoms with E-state index in [1.165, 1.54) is 48.2 Å². The molecule has 0 amide bonds. The van der Waals surface area contributed by atoms with E-state index in [-0.39, 0.29) is 0 Å². The predicted molar refractivity (Wildman–Crippen MR) is 212 cm³/mol. The molecule has 2 aromatic heterocycles. The van der Waals surface area contributed by atoms with Gasteiger partial charge in [-0.1, -0.05) is 60.7 Å². The Kier molecular flexibility index (Phi) is 11.4. The molecule has 8 heteroatoms. The van der Waals surface area contributed by atoms with Crippen molar-refractivity contribution in [2.24, 2.45) is 14.1 Å². The van der Waals surface area contributed by atoms with Crippen molar-refractivity contribution in [2.45, 2.75) is 101 Å². The molecule has 0 bridgehead atoms. The minimum Gasteiger partial charge on any atom is -0.416 e. The zero-order valence-electron chi connectivity index (χ0n) is 32.4. The number of aryl methyl sites for hydroxylation is 2. The lowest BCUT2D eigenvalue weighted by Gasteiger charge is -2.34. The highest BCUT2D eigenvalue weighted by Gasteiger charge is 2.34. The number of carbonyl (C=O) groups excluding carboxylic acids is 2. The Hall–Kier alpha value is -4.14. The van der Waals surface area contributed by atoms with Gasteiger partial charge in [-0.05, 0) is 151 Å². The highest BCUT2D eigenvalue weighted by atomic mass is 16.6. The Morgan fingerprint density at radius 3 is 1.35 bits per heavy atom. The summed E-state index contributed by atoms with van der Waals surface area (Å²) in [4.78, 5) is 32.1. The summed E-state index contributed by atoms with van der Waals surface area (Å²) in [6.45, 7) is 6.50. The molecule has 4 aromatic rings. The van der Waals surface area contributed by atoms with Gasteiger partial charge in [0.15, 0.2) is 11.5 Å². The van der Waals surface area contributed by atoms with Gasteiger partial charge in [0.1, 0.15) is 0 Å². The van der Waals surface area contributed by atoms with E-state index < -0.39 is 11.9 Å². The normalized spacial score (nSPS) is 21.4. The minimum atomic E-state index is -0.943. The lowest BCUT2D eigenvalue weighted by molar-refractivity contribution is -0.156. The fourth-order valence-electron chi connectivity index (χ4n) is 10.3. The van der Waals surface area contributed by atoms with Crippen LogP contribution in [0.15, 0.2) is 73.1 Å². The number of benzene rings is 2. The fraction of sp³-hybridized carbons (Fsp3) is 0.522. The van der Waals surface area contributed by atoms with E-state index in [1.54, 1.807) is 0 Å². The van der Waals surface area contributed by atoms with Crippen molar-refractivity contribution in [3.8, 4) is 11.5 Å². The molecule has 54 heavy (non-hydrogen) atoms. The third-order valence-corrected chi connectivity index (χ3v) is 13.3. The number of hydrogen-bond acceptors (Lipinski definition) is 6. The summed E-state index contributed by atoms with van der Waals surface area (Å²) < 4.78 is 16.0. The highest BCUT2D eigenvalue weighted by molar-refractivity contribution is 6.31. The second-order valence-electron chi connectivity index (χ2n) is 16.5. The summed E-state index contributed by atoms with van der Waals surface area (Å²) in [5.74, 6) is 1.03. The van der Waals surface area contributed by atoms with E-state index in [1.807, 2.05) is 26.5 Å². The van der Waals surface area contributed by atoms with Crippen LogP contribution in [0.2, 0.25) is 0 Å². The highest BCUT2D eigenvalue weighted by Crippen LogP contribution is 2.43. The molecule has 2 fully saturated rings. The summed E-state index contributed by atoms with van der Waals surface area (Å²) in [6.07, 6.45) is 16.9. The number of rotatable bonds is 10. The van der Waals surface area contributed by atoms with E-state index in [2.05, 4.69) is 79.6 Å². The largest absolute Gasteiger partial charge is 0.423 e. The lowest BCUT2D eigenvalue weighted by Crippen LogP contribution is -2.34. The number of ether oxygens (including phenoxy) is 2. The molecule has 2 atom stereocenters. The van der Waals surface area contributed by atoms with Gasteiger partial charge < -0.3 is 28.4 Å². The van der Waals surface area contributed by atoms with Crippen LogP contribution in [0.5, 0.6) is 11.5 Å². The van der Waals surface area contributed by atoms with Gasteiger partial charge in [0, 0.05) is 49.0 Å².